The van der Waals surface area contributed by atoms with Crippen molar-refractivity contribution in [2.45, 2.75) is 31.2 Å². The van der Waals surface area contributed by atoms with Gasteiger partial charge in [0.05, 0.1) is 6.04 Å². The van der Waals surface area contributed by atoms with Crippen molar-refractivity contribution in [3.05, 3.63) is 0 Å². The van der Waals surface area contributed by atoms with E-state index in [1.54, 1.807) is 0 Å². The lowest BCUT2D eigenvalue weighted by Gasteiger charge is -2.36. The molecule has 1 aliphatic heterocycles. The van der Waals surface area contributed by atoms with E-state index in [1.807, 2.05) is 0 Å². The largest absolute Gasteiger partial charge is 0.389 e. The van der Waals surface area contributed by atoms with E-state index in [1.165, 1.54) is 7.11 Å². The number of nitrogens with one attached hydrogen (secondary N) is 1. The first-order valence-corrected chi connectivity index (χ1v) is 4.41. The Morgan fingerprint density at radius 3 is 2.60 bits per heavy atom. The zero-order valence-corrected chi connectivity index (χ0v) is 8.13. The van der Waals surface area contributed by atoms with Crippen LogP contribution in [-0.4, -0.2) is 38.1 Å². The predicted octanol–water partition coefficient (Wildman–Crippen LogP) is 0.816. The summed E-state index contributed by atoms with van der Waals surface area (Å²) in [6.45, 7) is -0.0966. The van der Waals surface area contributed by atoms with Crippen molar-refractivity contribution in [1.82, 2.24) is 5.32 Å². The smallest absolute Gasteiger partial charge is 0.359 e. The number of β-lactam (4-membered cyclic amide) rings is 1. The van der Waals surface area contributed by atoms with Crippen molar-refractivity contribution in [3.8, 4) is 0 Å². The Kier molecular flexibility index (Phi) is 3.92. The summed E-state index contributed by atoms with van der Waals surface area (Å²) in [5, 5.41) is 2.35. The van der Waals surface area contributed by atoms with E-state index in [0.29, 0.717) is 0 Å². The summed E-state index contributed by atoms with van der Waals surface area (Å²) in [4.78, 5) is 10.9. The molecule has 1 heterocycles. The van der Waals surface area contributed by atoms with Crippen LogP contribution in [0, 0.1) is 0 Å². The molecule has 0 aromatic heterocycles. The molecule has 0 bridgehead atoms. The molecule has 1 fully saturated rings. The third-order valence-electron chi connectivity index (χ3n) is 2.06. The Labute approximate surface area is 84.7 Å². The first-order valence-electron chi connectivity index (χ1n) is 4.41. The summed E-state index contributed by atoms with van der Waals surface area (Å²) >= 11 is 0. The lowest BCUT2D eigenvalue weighted by Crippen LogP contribution is -2.63. The van der Waals surface area contributed by atoms with Gasteiger partial charge >= 0.3 is 6.18 Å². The molecule has 4 nitrogen and oxygen atoms in total. The fourth-order valence-electron chi connectivity index (χ4n) is 1.30. The van der Waals surface area contributed by atoms with Gasteiger partial charge in [-0.05, 0) is 6.42 Å². The number of rotatable bonds is 5. The molecule has 1 saturated heterocycles. The van der Waals surface area contributed by atoms with Gasteiger partial charge in [0.2, 0.25) is 0 Å². The molecule has 0 aromatic carbocycles. The summed E-state index contributed by atoms with van der Waals surface area (Å²) in [7, 11) is 1.38. The summed E-state index contributed by atoms with van der Waals surface area (Å²) in [5.74, 6) is -0.390. The average Bonchev–Trinajstić information content (AvgIpc) is 2.11. The molecule has 1 amide bonds. The normalized spacial score (nSPS) is 26.0. The summed E-state index contributed by atoms with van der Waals surface area (Å²) in [6, 6.07) is -0.561. The Morgan fingerprint density at radius 1 is 1.47 bits per heavy atom. The van der Waals surface area contributed by atoms with Crippen LogP contribution in [-0.2, 0) is 14.3 Å². The molecule has 7 heteroatoms. The fourth-order valence-corrected chi connectivity index (χ4v) is 1.30. The first kappa shape index (κ1) is 12.3. The van der Waals surface area contributed by atoms with Crippen LogP contribution in [0.3, 0.4) is 0 Å². The van der Waals surface area contributed by atoms with Gasteiger partial charge in [0.25, 0.3) is 5.91 Å². The topological polar surface area (TPSA) is 47.6 Å². The Bertz CT molecular complexity index is 232. The minimum Gasteiger partial charge on any atom is -0.359 e. The number of hydrogen-bond acceptors (Lipinski definition) is 3. The molecular formula is C8H12F3NO3. The van der Waals surface area contributed by atoms with Crippen molar-refractivity contribution in [3.63, 3.8) is 0 Å². The lowest BCUT2D eigenvalue weighted by molar-refractivity contribution is -0.167. The number of methoxy groups -OCH3 is 1. The standard InChI is InChI=1S/C8H12F3NO3/c1-14-4-15-6-5(12-7(6)13)2-3-8(9,10)11/h5-6H,2-4H2,1H3,(H,12,13). The fraction of sp³-hybridized carbons (Fsp3) is 0.875. The van der Waals surface area contributed by atoms with Crippen molar-refractivity contribution >= 4 is 5.91 Å². The van der Waals surface area contributed by atoms with E-state index in [-0.39, 0.29) is 19.1 Å². The van der Waals surface area contributed by atoms with Gasteiger partial charge in [-0.15, -0.1) is 0 Å². The Balaban J connectivity index is 2.28. The molecule has 15 heavy (non-hydrogen) atoms. The zero-order chi connectivity index (χ0) is 11.5. The van der Waals surface area contributed by atoms with E-state index in [2.05, 4.69) is 10.1 Å². The number of carbonyl (C=O) groups is 1. The minimum absolute atomic E-state index is 0.0966. The summed E-state index contributed by atoms with van der Waals surface area (Å²) < 4.78 is 45.1. The maximum absolute atomic E-state index is 11.9. The van der Waals surface area contributed by atoms with Gasteiger partial charge in [-0.25, -0.2) is 0 Å². The van der Waals surface area contributed by atoms with Crippen LogP contribution in [0.4, 0.5) is 13.2 Å². The molecule has 2 unspecified atom stereocenters. The van der Waals surface area contributed by atoms with Crippen LogP contribution in [0.1, 0.15) is 12.8 Å². The van der Waals surface area contributed by atoms with Crippen molar-refractivity contribution in [1.29, 1.82) is 0 Å². The highest BCUT2D eigenvalue weighted by atomic mass is 19.4. The third kappa shape index (κ3) is 3.67. The van der Waals surface area contributed by atoms with Crippen LogP contribution in [0.5, 0.6) is 0 Å². The highest BCUT2D eigenvalue weighted by Crippen LogP contribution is 2.25. The molecule has 1 N–H and O–H groups in total. The van der Waals surface area contributed by atoms with Gasteiger partial charge < -0.3 is 14.8 Å². The summed E-state index contributed by atoms with van der Waals surface area (Å²) in [6.07, 6.45) is -6.10. The van der Waals surface area contributed by atoms with Crippen LogP contribution >= 0.6 is 0 Å². The Hall–Kier alpha value is -0.820. The second-order valence-corrected chi connectivity index (χ2v) is 3.26. The minimum atomic E-state index is -4.20. The number of amides is 1. The second kappa shape index (κ2) is 4.80. The number of hydrogen-bond donors (Lipinski definition) is 1. The van der Waals surface area contributed by atoms with Gasteiger partial charge in [-0.3, -0.25) is 4.79 Å². The maximum atomic E-state index is 11.9. The summed E-state index contributed by atoms with van der Waals surface area (Å²) in [5.41, 5.74) is 0. The highest BCUT2D eigenvalue weighted by molar-refractivity contribution is 5.88. The van der Waals surface area contributed by atoms with Gasteiger partial charge in [-0.2, -0.15) is 13.2 Å². The molecule has 0 saturated carbocycles. The molecule has 1 aliphatic rings. The van der Waals surface area contributed by atoms with Gasteiger partial charge in [0.1, 0.15) is 6.79 Å². The molecule has 88 valence electrons. The SMILES string of the molecule is COCOC1C(=O)NC1CCC(F)(F)F. The zero-order valence-electron chi connectivity index (χ0n) is 8.13. The van der Waals surface area contributed by atoms with E-state index < -0.39 is 24.7 Å². The van der Waals surface area contributed by atoms with Crippen molar-refractivity contribution in [2.24, 2.45) is 0 Å². The van der Waals surface area contributed by atoms with Gasteiger partial charge in [0.15, 0.2) is 6.10 Å². The molecule has 0 radical (unpaired) electrons. The number of carbonyl (C=O) groups excluding carboxylic acids is 1. The quantitative estimate of drug-likeness (QED) is 0.558. The van der Waals surface area contributed by atoms with E-state index in [0.717, 1.165) is 0 Å². The van der Waals surface area contributed by atoms with Crippen LogP contribution in [0.25, 0.3) is 0 Å². The lowest BCUT2D eigenvalue weighted by atomic mass is 9.97. The molecule has 0 spiro atoms. The molecular weight excluding hydrogens is 215 g/mol. The van der Waals surface area contributed by atoms with Crippen molar-refractivity contribution < 1.29 is 27.4 Å². The molecule has 1 rings (SSSR count). The highest BCUT2D eigenvalue weighted by Gasteiger charge is 2.42. The van der Waals surface area contributed by atoms with Crippen LogP contribution < -0.4 is 5.32 Å². The van der Waals surface area contributed by atoms with Gasteiger partial charge in [-0.1, -0.05) is 0 Å². The number of halogens is 3. The van der Waals surface area contributed by atoms with Crippen LogP contribution in [0.2, 0.25) is 0 Å². The van der Waals surface area contributed by atoms with Crippen molar-refractivity contribution in [2.75, 3.05) is 13.9 Å². The molecule has 0 aliphatic carbocycles. The van der Waals surface area contributed by atoms with Crippen LogP contribution in [0.15, 0.2) is 0 Å². The Morgan fingerprint density at radius 2 is 2.13 bits per heavy atom. The molecule has 0 aromatic rings. The predicted molar refractivity (Wildman–Crippen MR) is 44.0 cm³/mol. The average molecular weight is 227 g/mol. The number of ether oxygens (including phenoxy) is 2. The van der Waals surface area contributed by atoms with E-state index in [4.69, 9.17) is 4.74 Å². The molecule has 2 atom stereocenters. The van der Waals surface area contributed by atoms with E-state index >= 15 is 0 Å². The second-order valence-electron chi connectivity index (χ2n) is 3.26. The van der Waals surface area contributed by atoms with E-state index in [9.17, 15) is 18.0 Å². The number of alkyl halides is 3. The first-order chi connectivity index (χ1) is 6.94. The van der Waals surface area contributed by atoms with Gasteiger partial charge in [0, 0.05) is 13.5 Å². The third-order valence-corrected chi connectivity index (χ3v) is 2.06. The monoisotopic (exact) mass is 227 g/mol. The maximum Gasteiger partial charge on any atom is 0.389 e.